The van der Waals surface area contributed by atoms with Gasteiger partial charge in [-0.2, -0.15) is 0 Å². The Hall–Kier alpha value is -2.37. The van der Waals surface area contributed by atoms with Crippen LogP contribution in [0.15, 0.2) is 42.5 Å². The molecule has 1 aliphatic rings. The Bertz CT molecular complexity index is 794. The van der Waals surface area contributed by atoms with Crippen molar-refractivity contribution in [1.82, 2.24) is 10.2 Å². The highest BCUT2D eigenvalue weighted by atomic mass is 16.5. The minimum absolute atomic E-state index is 0.188. The van der Waals surface area contributed by atoms with E-state index in [1.807, 2.05) is 26.0 Å². The van der Waals surface area contributed by atoms with E-state index >= 15 is 0 Å². The van der Waals surface area contributed by atoms with Crippen LogP contribution in [0.3, 0.4) is 0 Å². The summed E-state index contributed by atoms with van der Waals surface area (Å²) in [5, 5.41) is 5.84. The molecular weight excluding hydrogens is 350 g/mol. The van der Waals surface area contributed by atoms with E-state index in [-0.39, 0.29) is 18.2 Å². The highest BCUT2D eigenvalue weighted by Gasteiger charge is 2.21. The molecule has 0 radical (unpaired) electrons. The summed E-state index contributed by atoms with van der Waals surface area (Å²) in [5.41, 5.74) is 5.45. The first-order valence-electron chi connectivity index (χ1n) is 9.97. The smallest absolute Gasteiger partial charge is 0.319 e. The predicted molar refractivity (Wildman–Crippen MR) is 114 cm³/mol. The molecule has 28 heavy (non-hydrogen) atoms. The van der Waals surface area contributed by atoms with Crippen LogP contribution in [0.25, 0.3) is 0 Å². The maximum absolute atomic E-state index is 12.2. The average Bonchev–Trinajstić information content (AvgIpc) is 2.63. The predicted octanol–water partition coefficient (Wildman–Crippen LogP) is 4.23. The fourth-order valence-electron chi connectivity index (χ4n) is 3.74. The van der Waals surface area contributed by atoms with Gasteiger partial charge in [0.25, 0.3) is 0 Å². The quantitative estimate of drug-likeness (QED) is 0.815. The van der Waals surface area contributed by atoms with Crippen LogP contribution in [0.5, 0.6) is 0 Å². The summed E-state index contributed by atoms with van der Waals surface area (Å²) < 4.78 is 5.80. The summed E-state index contributed by atoms with van der Waals surface area (Å²) in [7, 11) is 0. The second kappa shape index (κ2) is 9.22. The number of hydrogen-bond donors (Lipinski definition) is 2. The molecule has 5 nitrogen and oxygen atoms in total. The first kappa shape index (κ1) is 20.4. The van der Waals surface area contributed by atoms with Gasteiger partial charge in [0.05, 0.1) is 12.2 Å². The summed E-state index contributed by atoms with van der Waals surface area (Å²) >= 11 is 0. The van der Waals surface area contributed by atoms with E-state index in [0.717, 1.165) is 36.4 Å². The Morgan fingerprint density at radius 1 is 1.04 bits per heavy atom. The molecule has 0 spiro atoms. The number of ether oxygens (including phenoxy) is 1. The van der Waals surface area contributed by atoms with Crippen LogP contribution in [-0.2, 0) is 17.8 Å². The van der Waals surface area contributed by atoms with Crippen molar-refractivity contribution in [1.29, 1.82) is 0 Å². The third-order valence-electron chi connectivity index (χ3n) is 5.01. The SMILES string of the molecule is Cc1ccc(NC(=O)NCc2ccc(CN3C[C@@H](C)O[C@H](C)C3)cc2)c(C)c1. The number of hydrogen-bond acceptors (Lipinski definition) is 3. The number of urea groups is 1. The first-order valence-corrected chi connectivity index (χ1v) is 9.97. The normalized spacial score (nSPS) is 20.0. The van der Waals surface area contributed by atoms with E-state index < -0.39 is 0 Å². The van der Waals surface area contributed by atoms with E-state index in [4.69, 9.17) is 4.74 Å². The minimum atomic E-state index is -0.188. The number of nitrogens with one attached hydrogen (secondary N) is 2. The number of amides is 2. The van der Waals surface area contributed by atoms with Gasteiger partial charge in [-0.15, -0.1) is 0 Å². The molecule has 0 saturated carbocycles. The van der Waals surface area contributed by atoms with Crippen molar-refractivity contribution >= 4 is 11.7 Å². The molecule has 2 aromatic rings. The second-order valence-electron chi connectivity index (χ2n) is 7.89. The highest BCUT2D eigenvalue weighted by Crippen LogP contribution is 2.16. The van der Waals surface area contributed by atoms with Crippen LogP contribution in [-0.4, -0.2) is 36.2 Å². The number of nitrogens with zero attached hydrogens (tertiary/aromatic N) is 1. The molecule has 0 aromatic heterocycles. The average molecular weight is 382 g/mol. The Balaban J connectivity index is 1.48. The van der Waals surface area contributed by atoms with Gasteiger partial charge in [-0.05, 0) is 50.5 Å². The van der Waals surface area contributed by atoms with E-state index in [1.54, 1.807) is 0 Å². The van der Waals surface area contributed by atoms with E-state index in [9.17, 15) is 4.79 Å². The first-order chi connectivity index (χ1) is 13.4. The van der Waals surface area contributed by atoms with Crippen molar-refractivity contribution in [3.8, 4) is 0 Å². The third-order valence-corrected chi connectivity index (χ3v) is 5.01. The lowest BCUT2D eigenvalue weighted by Crippen LogP contribution is -2.44. The molecule has 2 aromatic carbocycles. The number of benzene rings is 2. The maximum Gasteiger partial charge on any atom is 0.319 e. The molecule has 1 heterocycles. The van der Waals surface area contributed by atoms with Crippen LogP contribution >= 0.6 is 0 Å². The van der Waals surface area contributed by atoms with Crippen molar-refractivity contribution in [2.24, 2.45) is 0 Å². The van der Waals surface area contributed by atoms with E-state index in [0.29, 0.717) is 6.54 Å². The molecule has 0 unspecified atom stereocenters. The van der Waals surface area contributed by atoms with Crippen molar-refractivity contribution in [3.05, 3.63) is 64.7 Å². The van der Waals surface area contributed by atoms with E-state index in [2.05, 4.69) is 59.7 Å². The van der Waals surface area contributed by atoms with Crippen molar-refractivity contribution in [2.75, 3.05) is 18.4 Å². The largest absolute Gasteiger partial charge is 0.373 e. The lowest BCUT2D eigenvalue weighted by atomic mass is 10.1. The van der Waals surface area contributed by atoms with Gasteiger partial charge >= 0.3 is 6.03 Å². The van der Waals surface area contributed by atoms with Gasteiger partial charge in [0.15, 0.2) is 0 Å². The number of carbonyl (C=O) groups is 1. The fraction of sp³-hybridized carbons (Fsp3) is 0.435. The van der Waals surface area contributed by atoms with E-state index in [1.165, 1.54) is 11.1 Å². The third kappa shape index (κ3) is 5.81. The standard InChI is InChI=1S/C23H31N3O2/c1-16-5-10-22(17(2)11-16)25-23(27)24-12-20-6-8-21(9-7-20)15-26-13-18(3)28-19(4)14-26/h5-11,18-19H,12-15H2,1-4H3,(H2,24,25,27)/t18-,19-/m1/s1. The van der Waals surface area contributed by atoms with Gasteiger partial charge in [-0.3, -0.25) is 4.90 Å². The summed E-state index contributed by atoms with van der Waals surface area (Å²) in [6.45, 7) is 11.7. The molecule has 150 valence electrons. The molecule has 3 rings (SSSR count). The molecule has 1 aliphatic heterocycles. The molecule has 0 aliphatic carbocycles. The number of anilines is 1. The topological polar surface area (TPSA) is 53.6 Å². The Morgan fingerprint density at radius 3 is 2.32 bits per heavy atom. The zero-order chi connectivity index (χ0) is 20.1. The van der Waals surface area contributed by atoms with Gasteiger partial charge in [0, 0.05) is 31.9 Å². The highest BCUT2D eigenvalue weighted by molar-refractivity contribution is 5.90. The summed E-state index contributed by atoms with van der Waals surface area (Å²) in [6, 6.07) is 14.3. The molecule has 5 heteroatoms. The summed E-state index contributed by atoms with van der Waals surface area (Å²) in [6.07, 6.45) is 0.561. The number of carbonyl (C=O) groups excluding carboxylic acids is 1. The lowest BCUT2D eigenvalue weighted by Gasteiger charge is -2.35. The van der Waals surface area contributed by atoms with Gasteiger partial charge in [-0.25, -0.2) is 4.79 Å². The molecule has 2 atom stereocenters. The molecule has 0 bridgehead atoms. The molecule has 2 N–H and O–H groups in total. The van der Waals surface area contributed by atoms with Crippen LogP contribution in [0.4, 0.5) is 10.5 Å². The Labute approximate surface area is 168 Å². The number of aryl methyl sites for hydroxylation is 2. The minimum Gasteiger partial charge on any atom is -0.373 e. The van der Waals surface area contributed by atoms with Gasteiger partial charge in [0.2, 0.25) is 0 Å². The second-order valence-corrected chi connectivity index (χ2v) is 7.89. The van der Waals surface area contributed by atoms with Gasteiger partial charge in [-0.1, -0.05) is 42.0 Å². The molecular formula is C23H31N3O2. The maximum atomic E-state index is 12.2. The van der Waals surface area contributed by atoms with Crippen LogP contribution in [0, 0.1) is 13.8 Å². The fourth-order valence-corrected chi connectivity index (χ4v) is 3.74. The molecule has 1 fully saturated rings. The van der Waals surface area contributed by atoms with Crippen LogP contribution in [0.1, 0.15) is 36.1 Å². The number of rotatable bonds is 5. The Morgan fingerprint density at radius 2 is 1.68 bits per heavy atom. The summed E-state index contributed by atoms with van der Waals surface area (Å²) in [4.78, 5) is 14.6. The summed E-state index contributed by atoms with van der Waals surface area (Å²) in [5.74, 6) is 0. The van der Waals surface area contributed by atoms with Crippen LogP contribution < -0.4 is 10.6 Å². The molecule has 1 saturated heterocycles. The van der Waals surface area contributed by atoms with Gasteiger partial charge in [0.1, 0.15) is 0 Å². The molecule has 2 amide bonds. The van der Waals surface area contributed by atoms with Crippen molar-refractivity contribution in [2.45, 2.75) is 53.0 Å². The zero-order valence-electron chi connectivity index (χ0n) is 17.3. The van der Waals surface area contributed by atoms with Crippen molar-refractivity contribution < 1.29 is 9.53 Å². The Kier molecular flexibility index (Phi) is 6.70. The van der Waals surface area contributed by atoms with Gasteiger partial charge < -0.3 is 15.4 Å². The monoisotopic (exact) mass is 381 g/mol. The van der Waals surface area contributed by atoms with Crippen LogP contribution in [0.2, 0.25) is 0 Å². The lowest BCUT2D eigenvalue weighted by molar-refractivity contribution is -0.0704. The number of morpholine rings is 1. The zero-order valence-corrected chi connectivity index (χ0v) is 17.3. The van der Waals surface area contributed by atoms with Crippen molar-refractivity contribution in [3.63, 3.8) is 0 Å².